The van der Waals surface area contributed by atoms with Gasteiger partial charge in [0.15, 0.2) is 0 Å². The van der Waals surface area contributed by atoms with Crippen molar-refractivity contribution in [1.29, 1.82) is 5.26 Å². The van der Waals surface area contributed by atoms with Gasteiger partial charge in [-0.15, -0.1) is 0 Å². The average Bonchev–Trinajstić information content (AvgIpc) is 2.28. The molecule has 1 heterocycles. The summed E-state index contributed by atoms with van der Waals surface area (Å²) in [6, 6.07) is 2.28. The lowest BCUT2D eigenvalue weighted by atomic mass is 10.0. The Morgan fingerprint density at radius 3 is 2.11 bits per heavy atom. The molecule has 5 nitrogen and oxygen atoms in total. The highest BCUT2D eigenvalue weighted by molar-refractivity contribution is 5.68. The van der Waals surface area contributed by atoms with Crippen molar-refractivity contribution in [2.45, 2.75) is 46.3 Å². The molecule has 1 aliphatic rings. The van der Waals surface area contributed by atoms with Gasteiger partial charge in [0, 0.05) is 26.2 Å². The molecule has 1 amide bonds. The summed E-state index contributed by atoms with van der Waals surface area (Å²) in [4.78, 5) is 15.8. The van der Waals surface area contributed by atoms with E-state index in [4.69, 9.17) is 4.74 Å². The summed E-state index contributed by atoms with van der Waals surface area (Å²) < 4.78 is 5.35. The number of hydrogen-bond donors (Lipinski definition) is 0. The minimum atomic E-state index is -0.457. The second-order valence-electron chi connectivity index (χ2n) is 6.32. The molecule has 0 aromatic rings. The van der Waals surface area contributed by atoms with Gasteiger partial charge >= 0.3 is 6.09 Å². The second kappa shape index (κ2) is 6.25. The summed E-state index contributed by atoms with van der Waals surface area (Å²) in [5.74, 6) is 0.304. The van der Waals surface area contributed by atoms with Gasteiger partial charge in [-0.05, 0) is 26.7 Å². The van der Waals surface area contributed by atoms with E-state index < -0.39 is 5.60 Å². The van der Waals surface area contributed by atoms with Crippen molar-refractivity contribution in [2.75, 3.05) is 26.2 Å². The van der Waals surface area contributed by atoms with Crippen LogP contribution in [-0.4, -0.2) is 53.7 Å². The van der Waals surface area contributed by atoms with Gasteiger partial charge in [-0.2, -0.15) is 5.26 Å². The third-order valence-electron chi connectivity index (χ3n) is 3.12. The maximum Gasteiger partial charge on any atom is 0.410 e. The first-order valence-electron chi connectivity index (χ1n) is 6.86. The van der Waals surface area contributed by atoms with Gasteiger partial charge in [0.05, 0.1) is 6.07 Å². The number of rotatable bonds is 2. The fourth-order valence-electron chi connectivity index (χ4n) is 2.16. The number of amides is 1. The molecule has 5 heteroatoms. The molecule has 1 fully saturated rings. The molecule has 0 saturated carbocycles. The van der Waals surface area contributed by atoms with Crippen molar-refractivity contribution in [1.82, 2.24) is 9.80 Å². The predicted molar refractivity (Wildman–Crippen MR) is 73.6 cm³/mol. The molecule has 0 bridgehead atoms. The highest BCUT2D eigenvalue weighted by Gasteiger charge is 2.29. The Hall–Kier alpha value is -1.28. The molecule has 0 aliphatic carbocycles. The fraction of sp³-hybridized carbons (Fsp3) is 0.857. The number of carbonyl (C=O) groups excluding carboxylic acids is 1. The van der Waals surface area contributed by atoms with Crippen LogP contribution < -0.4 is 0 Å². The lowest BCUT2D eigenvalue weighted by molar-refractivity contribution is 0.0109. The molecule has 108 valence electrons. The van der Waals surface area contributed by atoms with Crippen LogP contribution >= 0.6 is 0 Å². The van der Waals surface area contributed by atoms with Gasteiger partial charge in [0.25, 0.3) is 0 Å². The van der Waals surface area contributed by atoms with Gasteiger partial charge in [-0.25, -0.2) is 4.79 Å². The quantitative estimate of drug-likeness (QED) is 0.768. The van der Waals surface area contributed by atoms with Gasteiger partial charge in [-0.1, -0.05) is 13.8 Å². The Kier molecular flexibility index (Phi) is 5.19. The first-order valence-corrected chi connectivity index (χ1v) is 6.86. The zero-order valence-corrected chi connectivity index (χ0v) is 12.6. The normalized spacial score (nSPS) is 19.1. The molecule has 1 saturated heterocycles. The zero-order chi connectivity index (χ0) is 14.6. The second-order valence-corrected chi connectivity index (χ2v) is 6.32. The Labute approximate surface area is 116 Å². The summed E-state index contributed by atoms with van der Waals surface area (Å²) in [7, 11) is 0. The summed E-state index contributed by atoms with van der Waals surface area (Å²) >= 11 is 0. The number of hydrogen-bond acceptors (Lipinski definition) is 4. The Morgan fingerprint density at radius 2 is 1.74 bits per heavy atom. The van der Waals surface area contributed by atoms with Crippen molar-refractivity contribution in [3.63, 3.8) is 0 Å². The third kappa shape index (κ3) is 4.71. The van der Waals surface area contributed by atoms with E-state index in [2.05, 4.69) is 11.0 Å². The molecular weight excluding hydrogens is 242 g/mol. The van der Waals surface area contributed by atoms with Crippen LogP contribution in [0.3, 0.4) is 0 Å². The largest absolute Gasteiger partial charge is 0.444 e. The SMILES string of the molecule is CC(C)C(C#N)N1CCN(C(=O)OC(C)(C)C)CC1. The van der Waals surface area contributed by atoms with E-state index in [0.29, 0.717) is 19.0 Å². The predicted octanol–water partition coefficient (Wildman–Crippen LogP) is 2.09. The van der Waals surface area contributed by atoms with Gasteiger partial charge in [-0.3, -0.25) is 4.90 Å². The van der Waals surface area contributed by atoms with Crippen molar-refractivity contribution in [3.05, 3.63) is 0 Å². The Morgan fingerprint density at radius 1 is 1.21 bits per heavy atom. The molecule has 1 atom stereocenters. The van der Waals surface area contributed by atoms with E-state index in [-0.39, 0.29) is 12.1 Å². The lowest BCUT2D eigenvalue weighted by Crippen LogP contribution is -2.53. The van der Waals surface area contributed by atoms with E-state index in [1.165, 1.54) is 0 Å². The molecule has 0 aromatic heterocycles. The van der Waals surface area contributed by atoms with Crippen LogP contribution in [0.1, 0.15) is 34.6 Å². The summed E-state index contributed by atoms with van der Waals surface area (Å²) in [5.41, 5.74) is -0.457. The van der Waals surface area contributed by atoms with Gasteiger partial charge in [0.2, 0.25) is 0 Å². The summed E-state index contributed by atoms with van der Waals surface area (Å²) in [6.07, 6.45) is -0.259. The van der Waals surface area contributed by atoms with Crippen molar-refractivity contribution >= 4 is 6.09 Å². The lowest BCUT2D eigenvalue weighted by Gasteiger charge is -2.38. The molecule has 19 heavy (non-hydrogen) atoms. The molecule has 0 radical (unpaired) electrons. The molecule has 0 N–H and O–H groups in total. The molecular formula is C14H25N3O2. The standard InChI is InChI=1S/C14H25N3O2/c1-11(2)12(10-15)16-6-8-17(9-7-16)13(18)19-14(3,4)5/h11-12H,6-9H2,1-5H3. The zero-order valence-electron chi connectivity index (χ0n) is 12.6. The minimum absolute atomic E-state index is 0.0687. The Balaban J connectivity index is 2.49. The van der Waals surface area contributed by atoms with E-state index in [9.17, 15) is 10.1 Å². The van der Waals surface area contributed by atoms with Crippen LogP contribution in [0.4, 0.5) is 4.79 Å². The molecule has 1 unspecified atom stereocenters. The summed E-state index contributed by atoms with van der Waals surface area (Å²) in [5, 5.41) is 9.18. The number of nitriles is 1. The van der Waals surface area contributed by atoms with Crippen LogP contribution in [0.25, 0.3) is 0 Å². The van der Waals surface area contributed by atoms with Crippen LogP contribution in [0, 0.1) is 17.2 Å². The topological polar surface area (TPSA) is 56.6 Å². The monoisotopic (exact) mass is 267 g/mol. The van der Waals surface area contributed by atoms with Crippen molar-refractivity contribution in [2.24, 2.45) is 5.92 Å². The number of ether oxygens (including phenoxy) is 1. The summed E-state index contributed by atoms with van der Waals surface area (Å²) in [6.45, 7) is 12.4. The maximum atomic E-state index is 11.9. The van der Waals surface area contributed by atoms with Crippen LogP contribution in [0.5, 0.6) is 0 Å². The van der Waals surface area contributed by atoms with Crippen molar-refractivity contribution < 1.29 is 9.53 Å². The highest BCUT2D eigenvalue weighted by Crippen LogP contribution is 2.15. The molecule has 0 aromatic carbocycles. The van der Waals surface area contributed by atoms with Gasteiger partial charge < -0.3 is 9.64 Å². The van der Waals surface area contributed by atoms with Gasteiger partial charge in [0.1, 0.15) is 11.6 Å². The fourth-order valence-corrected chi connectivity index (χ4v) is 2.16. The molecule has 0 spiro atoms. The van der Waals surface area contributed by atoms with E-state index in [0.717, 1.165) is 13.1 Å². The number of nitrogens with zero attached hydrogens (tertiary/aromatic N) is 3. The first-order chi connectivity index (χ1) is 8.74. The van der Waals surface area contributed by atoms with Crippen molar-refractivity contribution in [3.8, 4) is 6.07 Å². The smallest absolute Gasteiger partial charge is 0.410 e. The van der Waals surface area contributed by atoms with Crippen LogP contribution in [-0.2, 0) is 4.74 Å². The van der Waals surface area contributed by atoms with E-state index in [1.54, 1.807) is 4.90 Å². The maximum absolute atomic E-state index is 11.9. The van der Waals surface area contributed by atoms with Crippen LogP contribution in [0.15, 0.2) is 0 Å². The van der Waals surface area contributed by atoms with E-state index >= 15 is 0 Å². The number of piperazine rings is 1. The van der Waals surface area contributed by atoms with E-state index in [1.807, 2.05) is 34.6 Å². The average molecular weight is 267 g/mol. The third-order valence-corrected chi connectivity index (χ3v) is 3.12. The molecule has 1 rings (SSSR count). The first kappa shape index (κ1) is 15.8. The number of carbonyl (C=O) groups is 1. The van der Waals surface area contributed by atoms with Crippen LogP contribution in [0.2, 0.25) is 0 Å². The minimum Gasteiger partial charge on any atom is -0.444 e. The highest BCUT2D eigenvalue weighted by atomic mass is 16.6. The molecule has 1 aliphatic heterocycles. The Bertz CT molecular complexity index is 347.